The summed E-state index contributed by atoms with van der Waals surface area (Å²) in [7, 11) is -2.86. The predicted molar refractivity (Wildman–Crippen MR) is 120 cm³/mol. The molecule has 0 radical (unpaired) electrons. The number of hydrogen-bond acceptors (Lipinski definition) is 6. The standard InChI is InChI=1S/C22H20ClNO5S2/c1-29-20(26)22(13-21(22,14-25)16-5-3-2-4-6-16)24-31(27,28)19-12-11-18(30-19)15-7-9-17(23)10-8-15/h2-12,24-25H,13-14H2,1H3. The Balaban J connectivity index is 1.69. The van der Waals surface area contributed by atoms with Crippen LogP contribution in [0.5, 0.6) is 0 Å². The number of sulfonamides is 1. The molecule has 4 rings (SSSR count). The lowest BCUT2D eigenvalue weighted by Gasteiger charge is -2.23. The Hall–Kier alpha value is -2.23. The number of esters is 1. The van der Waals surface area contributed by atoms with Gasteiger partial charge in [-0.2, -0.15) is 4.72 Å². The van der Waals surface area contributed by atoms with Gasteiger partial charge in [-0.3, -0.25) is 0 Å². The Labute approximate surface area is 189 Å². The Morgan fingerprint density at radius 1 is 1.13 bits per heavy atom. The molecule has 0 amide bonds. The number of methoxy groups -OCH3 is 1. The highest BCUT2D eigenvalue weighted by atomic mass is 35.5. The smallest absolute Gasteiger partial charge is 0.328 e. The molecule has 1 fully saturated rings. The molecule has 162 valence electrons. The third-order valence-electron chi connectivity index (χ3n) is 5.67. The number of halogens is 1. The van der Waals surface area contributed by atoms with Gasteiger partial charge in [-0.25, -0.2) is 13.2 Å². The van der Waals surface area contributed by atoms with Gasteiger partial charge in [0, 0.05) is 9.90 Å². The molecule has 6 nitrogen and oxygen atoms in total. The van der Waals surface area contributed by atoms with Gasteiger partial charge >= 0.3 is 5.97 Å². The number of rotatable bonds is 7. The van der Waals surface area contributed by atoms with Crippen molar-refractivity contribution in [2.75, 3.05) is 13.7 Å². The number of carbonyl (C=O) groups excluding carboxylic acids is 1. The molecule has 0 spiro atoms. The monoisotopic (exact) mass is 477 g/mol. The van der Waals surface area contributed by atoms with Gasteiger partial charge in [0.25, 0.3) is 10.0 Å². The van der Waals surface area contributed by atoms with Crippen LogP contribution in [-0.4, -0.2) is 38.7 Å². The lowest BCUT2D eigenvalue weighted by molar-refractivity contribution is -0.144. The maximum absolute atomic E-state index is 13.2. The van der Waals surface area contributed by atoms with E-state index in [0.29, 0.717) is 10.6 Å². The molecule has 2 unspecified atom stereocenters. The second-order valence-corrected chi connectivity index (χ2v) is 10.8. The van der Waals surface area contributed by atoms with Gasteiger partial charge in [-0.1, -0.05) is 54.1 Å². The first-order valence-corrected chi connectivity index (χ1v) is 12.1. The first-order valence-electron chi connectivity index (χ1n) is 9.42. The van der Waals surface area contributed by atoms with Crippen LogP contribution in [0, 0.1) is 0 Å². The maximum Gasteiger partial charge on any atom is 0.328 e. The summed E-state index contributed by atoms with van der Waals surface area (Å²) in [6.45, 7) is -0.408. The van der Waals surface area contributed by atoms with Gasteiger partial charge in [-0.15, -0.1) is 11.3 Å². The van der Waals surface area contributed by atoms with E-state index >= 15 is 0 Å². The molecule has 2 N–H and O–H groups in total. The molecular formula is C22H20ClNO5S2. The van der Waals surface area contributed by atoms with Gasteiger partial charge in [0.05, 0.1) is 19.1 Å². The SMILES string of the molecule is COC(=O)C1(NS(=O)(=O)c2ccc(-c3ccc(Cl)cc3)s2)CC1(CO)c1ccccc1. The molecule has 1 aliphatic rings. The van der Waals surface area contributed by atoms with Gasteiger partial charge < -0.3 is 9.84 Å². The minimum atomic E-state index is -4.06. The number of carbonyl (C=O) groups is 1. The largest absolute Gasteiger partial charge is 0.468 e. The zero-order chi connectivity index (χ0) is 22.3. The molecule has 31 heavy (non-hydrogen) atoms. The van der Waals surface area contributed by atoms with E-state index < -0.39 is 33.6 Å². The fourth-order valence-electron chi connectivity index (χ4n) is 3.93. The van der Waals surface area contributed by atoms with Crippen LogP contribution in [-0.2, 0) is 25.0 Å². The first-order chi connectivity index (χ1) is 14.8. The molecule has 0 bridgehead atoms. The fourth-order valence-corrected chi connectivity index (χ4v) is 6.79. The Bertz CT molecular complexity index is 1210. The highest BCUT2D eigenvalue weighted by molar-refractivity contribution is 7.91. The molecule has 1 heterocycles. The van der Waals surface area contributed by atoms with Crippen LogP contribution in [0.2, 0.25) is 5.02 Å². The van der Waals surface area contributed by atoms with Gasteiger partial charge in [0.1, 0.15) is 9.75 Å². The van der Waals surface area contributed by atoms with E-state index in [0.717, 1.165) is 21.8 Å². The van der Waals surface area contributed by atoms with E-state index in [1.165, 1.54) is 13.2 Å². The van der Waals surface area contributed by atoms with Crippen LogP contribution in [0.15, 0.2) is 70.9 Å². The first kappa shape index (κ1) is 22.0. The molecule has 9 heteroatoms. The van der Waals surface area contributed by atoms with E-state index in [2.05, 4.69) is 4.72 Å². The highest BCUT2D eigenvalue weighted by Crippen LogP contribution is 2.58. The van der Waals surface area contributed by atoms with Crippen LogP contribution in [0.1, 0.15) is 12.0 Å². The van der Waals surface area contributed by atoms with E-state index in [9.17, 15) is 18.3 Å². The topological polar surface area (TPSA) is 92.7 Å². The van der Waals surface area contributed by atoms with Crippen molar-refractivity contribution in [3.05, 3.63) is 77.3 Å². The number of ether oxygens (including phenoxy) is 1. The van der Waals surface area contributed by atoms with Gasteiger partial charge in [0.15, 0.2) is 0 Å². The van der Waals surface area contributed by atoms with E-state index in [1.54, 1.807) is 54.6 Å². The van der Waals surface area contributed by atoms with Crippen molar-refractivity contribution in [2.45, 2.75) is 21.6 Å². The van der Waals surface area contributed by atoms with Crippen LogP contribution in [0.25, 0.3) is 10.4 Å². The number of thiophene rings is 1. The molecule has 2 aromatic carbocycles. The van der Waals surface area contributed by atoms with Crippen molar-refractivity contribution in [3.63, 3.8) is 0 Å². The van der Waals surface area contributed by atoms with Crippen LogP contribution >= 0.6 is 22.9 Å². The summed E-state index contributed by atoms with van der Waals surface area (Å²) in [6.07, 6.45) is 0.0990. The molecule has 3 aromatic rings. The van der Waals surface area contributed by atoms with Gasteiger partial charge in [0.2, 0.25) is 0 Å². The maximum atomic E-state index is 13.2. The molecule has 0 aliphatic heterocycles. The normalized spacial score (nSPS) is 22.8. The second-order valence-electron chi connectivity index (χ2n) is 7.41. The summed E-state index contributed by atoms with van der Waals surface area (Å²) < 4.78 is 34.0. The number of aliphatic hydroxyl groups is 1. The lowest BCUT2D eigenvalue weighted by atomic mass is 9.91. The predicted octanol–water partition coefficient (Wildman–Crippen LogP) is 3.59. The summed E-state index contributed by atoms with van der Waals surface area (Å²) in [5.74, 6) is -0.733. The van der Waals surface area contributed by atoms with Crippen molar-refractivity contribution in [3.8, 4) is 10.4 Å². The number of benzene rings is 2. The molecule has 0 saturated heterocycles. The van der Waals surface area contributed by atoms with E-state index in [1.807, 2.05) is 6.07 Å². The summed E-state index contributed by atoms with van der Waals surface area (Å²) in [5.41, 5.74) is -1.18. The molecule has 1 saturated carbocycles. The molecule has 2 atom stereocenters. The minimum absolute atomic E-state index is 0.0625. The van der Waals surface area contributed by atoms with Crippen LogP contribution < -0.4 is 4.72 Å². The zero-order valence-electron chi connectivity index (χ0n) is 16.5. The lowest BCUT2D eigenvalue weighted by Crippen LogP contribution is -2.50. The third kappa shape index (κ3) is 3.68. The highest BCUT2D eigenvalue weighted by Gasteiger charge is 2.75. The van der Waals surface area contributed by atoms with Crippen molar-refractivity contribution < 1.29 is 23.1 Å². The average molecular weight is 478 g/mol. The average Bonchev–Trinajstić information content (AvgIpc) is 3.16. The Kier molecular flexibility index (Phi) is 5.70. The third-order valence-corrected chi connectivity index (χ3v) is 9.04. The quantitative estimate of drug-likeness (QED) is 0.507. The second kappa shape index (κ2) is 8.03. The molecule has 1 aromatic heterocycles. The summed E-state index contributed by atoms with van der Waals surface area (Å²) in [6, 6.07) is 19.2. The van der Waals surface area contributed by atoms with Crippen LogP contribution in [0.4, 0.5) is 0 Å². The van der Waals surface area contributed by atoms with E-state index in [-0.39, 0.29) is 10.6 Å². The fraction of sp³-hybridized carbons (Fsp3) is 0.227. The van der Waals surface area contributed by atoms with Crippen LogP contribution in [0.3, 0.4) is 0 Å². The Morgan fingerprint density at radius 2 is 1.81 bits per heavy atom. The van der Waals surface area contributed by atoms with Crippen molar-refractivity contribution in [2.24, 2.45) is 0 Å². The number of nitrogens with one attached hydrogen (secondary N) is 1. The van der Waals surface area contributed by atoms with Crippen molar-refractivity contribution in [1.29, 1.82) is 0 Å². The van der Waals surface area contributed by atoms with E-state index in [4.69, 9.17) is 16.3 Å². The van der Waals surface area contributed by atoms with Gasteiger partial charge in [-0.05, 0) is 41.8 Å². The van der Waals surface area contributed by atoms with Crippen molar-refractivity contribution in [1.82, 2.24) is 4.72 Å². The number of hydrogen-bond donors (Lipinski definition) is 2. The molecule has 1 aliphatic carbocycles. The van der Waals surface area contributed by atoms with Crippen molar-refractivity contribution >= 4 is 38.9 Å². The molecular weight excluding hydrogens is 458 g/mol. The zero-order valence-corrected chi connectivity index (χ0v) is 18.9. The minimum Gasteiger partial charge on any atom is -0.468 e. The summed E-state index contributed by atoms with van der Waals surface area (Å²) in [4.78, 5) is 13.5. The summed E-state index contributed by atoms with van der Waals surface area (Å²) >= 11 is 7.01. The summed E-state index contributed by atoms with van der Waals surface area (Å²) in [5, 5.41) is 10.8. The Morgan fingerprint density at radius 3 is 2.42 bits per heavy atom. The number of aliphatic hydroxyl groups excluding tert-OH is 1.